The van der Waals surface area contributed by atoms with Crippen LogP contribution in [0.15, 0.2) is 0 Å². The van der Waals surface area contributed by atoms with E-state index >= 15 is 0 Å². The van der Waals surface area contributed by atoms with Gasteiger partial charge in [0.1, 0.15) is 0 Å². The van der Waals surface area contributed by atoms with Gasteiger partial charge in [-0.25, -0.2) is 0 Å². The van der Waals surface area contributed by atoms with Crippen LogP contribution in [0, 0.1) is 41.4 Å². The molecule has 0 saturated heterocycles. The summed E-state index contributed by atoms with van der Waals surface area (Å²) in [7, 11) is 0. The van der Waals surface area contributed by atoms with Gasteiger partial charge in [0, 0.05) is 6.04 Å². The highest BCUT2D eigenvalue weighted by Gasteiger charge is 2.36. The van der Waals surface area contributed by atoms with E-state index in [1.807, 2.05) is 0 Å². The highest BCUT2D eigenvalue weighted by Crippen LogP contribution is 2.47. The van der Waals surface area contributed by atoms with E-state index < -0.39 is 0 Å². The van der Waals surface area contributed by atoms with E-state index in [0.717, 1.165) is 41.4 Å². The number of nitrogens with two attached hydrogens (primary N) is 1. The molecule has 3 aliphatic carbocycles. The zero-order valence-electron chi connectivity index (χ0n) is 16.7. The summed E-state index contributed by atoms with van der Waals surface area (Å²) in [6.45, 7) is 7.49. The minimum Gasteiger partial charge on any atom is -0.328 e. The summed E-state index contributed by atoms with van der Waals surface area (Å²) >= 11 is 0. The van der Waals surface area contributed by atoms with E-state index in [1.54, 1.807) is 6.42 Å². The molecule has 3 saturated carbocycles. The van der Waals surface area contributed by atoms with Crippen LogP contribution in [0.4, 0.5) is 0 Å². The lowest BCUT2D eigenvalue weighted by Crippen LogP contribution is -2.34. The summed E-state index contributed by atoms with van der Waals surface area (Å²) < 4.78 is 0. The van der Waals surface area contributed by atoms with E-state index in [4.69, 9.17) is 5.73 Å². The summed E-state index contributed by atoms with van der Waals surface area (Å²) in [5.41, 5.74) is 6.14. The fourth-order valence-corrected chi connectivity index (χ4v) is 6.59. The Kier molecular flexibility index (Phi) is 6.69. The van der Waals surface area contributed by atoms with Crippen molar-refractivity contribution in [3.8, 4) is 0 Å². The normalized spacial score (nSPS) is 45.2. The number of rotatable bonds is 5. The minimum atomic E-state index is 0.508. The minimum absolute atomic E-state index is 0.508. The van der Waals surface area contributed by atoms with Crippen molar-refractivity contribution in [2.45, 2.75) is 104 Å². The Labute approximate surface area is 151 Å². The maximum absolute atomic E-state index is 6.14. The largest absolute Gasteiger partial charge is 0.328 e. The van der Waals surface area contributed by atoms with Crippen LogP contribution < -0.4 is 5.73 Å². The Morgan fingerprint density at radius 2 is 1.54 bits per heavy atom. The Bertz CT molecular complexity index is 370. The first-order chi connectivity index (χ1) is 11.6. The molecule has 24 heavy (non-hydrogen) atoms. The Balaban J connectivity index is 1.55. The van der Waals surface area contributed by atoms with Gasteiger partial charge in [0.25, 0.3) is 0 Å². The molecule has 3 rings (SSSR count). The van der Waals surface area contributed by atoms with Crippen LogP contribution >= 0.6 is 0 Å². The summed E-state index contributed by atoms with van der Waals surface area (Å²) in [6.07, 6.45) is 17.5. The van der Waals surface area contributed by atoms with Crippen LogP contribution in [0.3, 0.4) is 0 Å². The van der Waals surface area contributed by atoms with Crippen LogP contribution in [0.1, 0.15) is 97.8 Å². The molecule has 0 aromatic heterocycles. The topological polar surface area (TPSA) is 26.0 Å². The molecular weight excluding hydrogens is 290 g/mol. The van der Waals surface area contributed by atoms with Crippen LogP contribution in [-0.2, 0) is 0 Å². The monoisotopic (exact) mass is 333 g/mol. The van der Waals surface area contributed by atoms with Crippen molar-refractivity contribution in [3.63, 3.8) is 0 Å². The first kappa shape index (κ1) is 18.7. The highest BCUT2D eigenvalue weighted by atomic mass is 14.6. The van der Waals surface area contributed by atoms with Gasteiger partial charge in [-0.05, 0) is 99.2 Å². The van der Waals surface area contributed by atoms with Crippen molar-refractivity contribution in [1.82, 2.24) is 0 Å². The smallest absolute Gasteiger partial charge is 0.00390 e. The molecular formula is C23H43N. The third kappa shape index (κ3) is 4.57. The van der Waals surface area contributed by atoms with Crippen molar-refractivity contribution in [1.29, 1.82) is 0 Å². The predicted molar refractivity (Wildman–Crippen MR) is 105 cm³/mol. The first-order valence-electron chi connectivity index (χ1n) is 11.3. The maximum Gasteiger partial charge on any atom is 0.00390 e. The molecule has 1 nitrogen and oxygen atoms in total. The van der Waals surface area contributed by atoms with Crippen LogP contribution in [0.5, 0.6) is 0 Å². The van der Waals surface area contributed by atoms with E-state index in [0.29, 0.717) is 6.04 Å². The molecule has 140 valence electrons. The molecule has 0 aromatic carbocycles. The molecule has 0 bridgehead atoms. The molecule has 0 amide bonds. The summed E-state index contributed by atoms with van der Waals surface area (Å²) in [4.78, 5) is 0. The van der Waals surface area contributed by atoms with Gasteiger partial charge in [0.15, 0.2) is 0 Å². The molecule has 6 unspecified atom stereocenters. The average molecular weight is 334 g/mol. The molecule has 6 atom stereocenters. The Hall–Kier alpha value is -0.0400. The van der Waals surface area contributed by atoms with E-state index in [9.17, 15) is 0 Å². The van der Waals surface area contributed by atoms with Gasteiger partial charge in [-0.15, -0.1) is 0 Å². The van der Waals surface area contributed by atoms with Gasteiger partial charge in [-0.1, -0.05) is 40.0 Å². The summed E-state index contributed by atoms with van der Waals surface area (Å²) in [5.74, 6) is 7.07. The highest BCUT2D eigenvalue weighted by molar-refractivity contribution is 4.88. The van der Waals surface area contributed by atoms with Gasteiger partial charge in [0.2, 0.25) is 0 Å². The fraction of sp³-hybridized carbons (Fsp3) is 1.00. The predicted octanol–water partition coefficient (Wildman–Crippen LogP) is 6.41. The molecule has 3 aliphatic rings. The molecule has 3 fully saturated rings. The van der Waals surface area contributed by atoms with Gasteiger partial charge >= 0.3 is 0 Å². The zero-order valence-corrected chi connectivity index (χ0v) is 16.7. The van der Waals surface area contributed by atoms with Gasteiger partial charge < -0.3 is 5.73 Å². The summed E-state index contributed by atoms with van der Waals surface area (Å²) in [6, 6.07) is 0.508. The SMILES string of the molecule is CCC(CC1CC(C2CCC(N)CC2)CCC1C)C1CCC(C)C1. The second kappa shape index (κ2) is 8.56. The Morgan fingerprint density at radius 1 is 0.833 bits per heavy atom. The number of hydrogen-bond donors (Lipinski definition) is 1. The second-order valence-corrected chi connectivity index (χ2v) is 10.1. The van der Waals surface area contributed by atoms with Crippen molar-refractivity contribution in [2.75, 3.05) is 0 Å². The van der Waals surface area contributed by atoms with Gasteiger partial charge in [0.05, 0.1) is 0 Å². The van der Waals surface area contributed by atoms with Gasteiger partial charge in [-0.3, -0.25) is 0 Å². The molecule has 0 aromatic rings. The molecule has 0 heterocycles. The molecule has 2 N–H and O–H groups in total. The van der Waals surface area contributed by atoms with Crippen molar-refractivity contribution >= 4 is 0 Å². The zero-order chi connectivity index (χ0) is 17.1. The van der Waals surface area contributed by atoms with Crippen LogP contribution in [-0.4, -0.2) is 6.04 Å². The molecule has 0 aliphatic heterocycles. The van der Waals surface area contributed by atoms with E-state index in [1.165, 1.54) is 70.6 Å². The van der Waals surface area contributed by atoms with Crippen molar-refractivity contribution in [2.24, 2.45) is 47.2 Å². The van der Waals surface area contributed by atoms with Crippen LogP contribution in [0.25, 0.3) is 0 Å². The maximum atomic E-state index is 6.14. The first-order valence-corrected chi connectivity index (χ1v) is 11.3. The third-order valence-corrected chi connectivity index (χ3v) is 8.42. The van der Waals surface area contributed by atoms with E-state index in [2.05, 4.69) is 20.8 Å². The fourth-order valence-electron chi connectivity index (χ4n) is 6.59. The lowest BCUT2D eigenvalue weighted by atomic mass is 9.64. The summed E-state index contributed by atoms with van der Waals surface area (Å²) in [5, 5.41) is 0. The van der Waals surface area contributed by atoms with Crippen molar-refractivity contribution < 1.29 is 0 Å². The Morgan fingerprint density at radius 3 is 2.17 bits per heavy atom. The van der Waals surface area contributed by atoms with Crippen LogP contribution in [0.2, 0.25) is 0 Å². The standard InChI is InChI=1S/C23H43N/c1-4-18(20-7-5-16(2)13-20)14-22-15-21(8-6-17(22)3)19-9-11-23(24)12-10-19/h16-23H,4-15,24H2,1-3H3. The molecule has 1 heteroatoms. The third-order valence-electron chi connectivity index (χ3n) is 8.42. The van der Waals surface area contributed by atoms with Gasteiger partial charge in [-0.2, -0.15) is 0 Å². The second-order valence-electron chi connectivity index (χ2n) is 10.1. The van der Waals surface area contributed by atoms with E-state index in [-0.39, 0.29) is 0 Å². The number of hydrogen-bond acceptors (Lipinski definition) is 1. The molecule has 0 radical (unpaired) electrons. The average Bonchev–Trinajstić information content (AvgIpc) is 3.01. The molecule has 0 spiro atoms. The lowest BCUT2D eigenvalue weighted by molar-refractivity contribution is 0.0934. The lowest BCUT2D eigenvalue weighted by Gasteiger charge is -2.42. The quantitative estimate of drug-likeness (QED) is 0.618. The van der Waals surface area contributed by atoms with Crippen molar-refractivity contribution in [3.05, 3.63) is 0 Å².